The van der Waals surface area contributed by atoms with Gasteiger partial charge >= 0.3 is 0 Å². The topological polar surface area (TPSA) is 63.2 Å². The number of fused-ring (bicyclic) bond motifs is 1. The van der Waals surface area contributed by atoms with Crippen LogP contribution in [0.15, 0.2) is 41.7 Å². The molecular formula is C24H26O6. The summed E-state index contributed by atoms with van der Waals surface area (Å²) in [4.78, 5) is 12.9. The third kappa shape index (κ3) is 4.13. The molecule has 1 aliphatic heterocycles. The van der Waals surface area contributed by atoms with E-state index < -0.39 is 0 Å². The predicted molar refractivity (Wildman–Crippen MR) is 115 cm³/mol. The Balaban J connectivity index is 1.95. The summed E-state index contributed by atoms with van der Waals surface area (Å²) < 4.78 is 27.9. The van der Waals surface area contributed by atoms with Crippen LogP contribution in [0.1, 0.15) is 35.3 Å². The van der Waals surface area contributed by atoms with E-state index in [9.17, 15) is 4.79 Å². The van der Waals surface area contributed by atoms with E-state index >= 15 is 0 Å². The maximum absolute atomic E-state index is 12.9. The van der Waals surface area contributed by atoms with E-state index in [1.807, 2.05) is 26.8 Å². The second kappa shape index (κ2) is 8.95. The molecule has 0 N–H and O–H groups in total. The highest BCUT2D eigenvalue weighted by atomic mass is 16.5. The highest BCUT2D eigenvalue weighted by Crippen LogP contribution is 2.41. The van der Waals surface area contributed by atoms with Crippen LogP contribution in [-0.4, -0.2) is 33.7 Å². The summed E-state index contributed by atoms with van der Waals surface area (Å²) in [6.45, 7) is 6.37. The van der Waals surface area contributed by atoms with Crippen molar-refractivity contribution in [3.8, 4) is 28.7 Å². The van der Waals surface area contributed by atoms with Crippen molar-refractivity contribution in [2.24, 2.45) is 0 Å². The van der Waals surface area contributed by atoms with Crippen molar-refractivity contribution in [3.05, 3.63) is 58.4 Å². The fourth-order valence-electron chi connectivity index (χ4n) is 3.13. The van der Waals surface area contributed by atoms with Crippen LogP contribution in [-0.2, 0) is 0 Å². The Morgan fingerprint density at radius 3 is 2.27 bits per heavy atom. The zero-order valence-corrected chi connectivity index (χ0v) is 18.1. The number of ether oxygens (including phenoxy) is 5. The molecule has 0 bridgehead atoms. The van der Waals surface area contributed by atoms with E-state index in [-0.39, 0.29) is 11.5 Å². The molecule has 2 aromatic rings. The summed E-state index contributed by atoms with van der Waals surface area (Å²) in [5.41, 5.74) is 3.11. The molecular weight excluding hydrogens is 384 g/mol. The number of rotatable bonds is 7. The van der Waals surface area contributed by atoms with Gasteiger partial charge in [-0.1, -0.05) is 5.57 Å². The lowest BCUT2D eigenvalue weighted by Crippen LogP contribution is -2.00. The molecule has 0 spiro atoms. The van der Waals surface area contributed by atoms with Gasteiger partial charge in [0, 0.05) is 17.2 Å². The van der Waals surface area contributed by atoms with E-state index in [0.29, 0.717) is 46.5 Å². The van der Waals surface area contributed by atoms with Gasteiger partial charge in [0.2, 0.25) is 5.78 Å². The lowest BCUT2D eigenvalue weighted by molar-refractivity contribution is 0.101. The number of hydrogen-bond acceptors (Lipinski definition) is 6. The van der Waals surface area contributed by atoms with Gasteiger partial charge in [0.1, 0.15) is 23.9 Å². The first-order valence-electron chi connectivity index (χ1n) is 9.53. The molecule has 0 radical (unpaired) electrons. The number of Topliss-reactive ketones (excluding diaryl/α,β-unsaturated/α-hetero) is 1. The molecule has 0 aliphatic carbocycles. The minimum absolute atomic E-state index is 0.194. The van der Waals surface area contributed by atoms with Gasteiger partial charge in [0.25, 0.3) is 0 Å². The minimum Gasteiger partial charge on any atom is -0.496 e. The normalized spacial score (nSPS) is 13.5. The molecule has 0 fully saturated rings. The molecule has 158 valence electrons. The van der Waals surface area contributed by atoms with Gasteiger partial charge in [-0.2, -0.15) is 0 Å². The average molecular weight is 410 g/mol. The van der Waals surface area contributed by atoms with Gasteiger partial charge < -0.3 is 23.7 Å². The van der Waals surface area contributed by atoms with E-state index in [4.69, 9.17) is 23.7 Å². The fraction of sp³-hybridized carbons (Fsp3) is 0.292. The van der Waals surface area contributed by atoms with Crippen molar-refractivity contribution in [2.75, 3.05) is 27.9 Å². The number of carbonyl (C=O) groups excluding carboxylic acids is 1. The second-order valence-corrected chi connectivity index (χ2v) is 7.05. The summed E-state index contributed by atoms with van der Waals surface area (Å²) in [6, 6.07) is 6.98. The summed E-state index contributed by atoms with van der Waals surface area (Å²) in [5, 5.41) is 0. The van der Waals surface area contributed by atoms with Gasteiger partial charge in [-0.05, 0) is 51.1 Å². The van der Waals surface area contributed by atoms with Crippen molar-refractivity contribution in [1.82, 2.24) is 0 Å². The fourth-order valence-corrected chi connectivity index (χ4v) is 3.13. The lowest BCUT2D eigenvalue weighted by Gasteiger charge is -2.12. The summed E-state index contributed by atoms with van der Waals surface area (Å²) in [5.74, 6) is 2.81. The third-order valence-electron chi connectivity index (χ3n) is 4.79. The van der Waals surface area contributed by atoms with E-state index in [1.54, 1.807) is 51.7 Å². The molecule has 0 aromatic heterocycles. The van der Waals surface area contributed by atoms with Crippen LogP contribution in [0, 0.1) is 6.92 Å². The molecule has 6 nitrogen and oxygen atoms in total. The predicted octanol–water partition coefficient (Wildman–Crippen LogP) is 4.98. The Labute approximate surface area is 176 Å². The van der Waals surface area contributed by atoms with Crippen LogP contribution in [0.3, 0.4) is 0 Å². The Morgan fingerprint density at radius 2 is 1.63 bits per heavy atom. The van der Waals surface area contributed by atoms with Gasteiger partial charge in [-0.25, -0.2) is 0 Å². The SMILES string of the molecule is COc1cc(OC)c(OC)cc1/C=C1\Oc2c(ccc(OCC=C(C)C)c2C)C1=O. The first-order valence-corrected chi connectivity index (χ1v) is 9.53. The lowest BCUT2D eigenvalue weighted by atomic mass is 10.1. The molecule has 30 heavy (non-hydrogen) atoms. The third-order valence-corrected chi connectivity index (χ3v) is 4.79. The van der Waals surface area contributed by atoms with Crippen LogP contribution >= 0.6 is 0 Å². The molecule has 0 saturated heterocycles. The highest BCUT2D eigenvalue weighted by molar-refractivity contribution is 6.15. The van der Waals surface area contributed by atoms with E-state index in [1.165, 1.54) is 5.57 Å². The smallest absolute Gasteiger partial charge is 0.231 e. The maximum Gasteiger partial charge on any atom is 0.231 e. The van der Waals surface area contributed by atoms with Crippen molar-refractivity contribution in [2.45, 2.75) is 20.8 Å². The van der Waals surface area contributed by atoms with Gasteiger partial charge in [-0.3, -0.25) is 4.79 Å². The number of carbonyl (C=O) groups is 1. The van der Waals surface area contributed by atoms with Crippen LogP contribution in [0.25, 0.3) is 6.08 Å². The van der Waals surface area contributed by atoms with Crippen molar-refractivity contribution < 1.29 is 28.5 Å². The Hall–Kier alpha value is -3.41. The molecule has 0 saturated carbocycles. The van der Waals surface area contributed by atoms with Gasteiger partial charge in [0.05, 0.1) is 26.9 Å². The molecule has 1 aliphatic rings. The Bertz CT molecular complexity index is 1030. The Kier molecular flexibility index (Phi) is 6.35. The molecule has 0 amide bonds. The first-order chi connectivity index (χ1) is 14.4. The zero-order chi connectivity index (χ0) is 21.8. The molecule has 3 rings (SSSR count). The number of methoxy groups -OCH3 is 3. The van der Waals surface area contributed by atoms with Crippen molar-refractivity contribution in [1.29, 1.82) is 0 Å². The standard InChI is InChI=1S/C24H26O6/c1-14(2)9-10-29-18-8-7-17-23(25)22(30-24(17)15(18)3)12-16-11-20(27-5)21(28-6)13-19(16)26-4/h7-9,11-13H,10H2,1-6H3/b22-12-. The second-order valence-electron chi connectivity index (χ2n) is 7.05. The van der Waals surface area contributed by atoms with Crippen LogP contribution in [0.5, 0.6) is 28.7 Å². The monoisotopic (exact) mass is 410 g/mol. The van der Waals surface area contributed by atoms with E-state index in [0.717, 1.165) is 5.56 Å². The van der Waals surface area contributed by atoms with Gasteiger partial charge in [0.15, 0.2) is 17.3 Å². The van der Waals surface area contributed by atoms with Crippen LogP contribution in [0.2, 0.25) is 0 Å². The summed E-state index contributed by atoms with van der Waals surface area (Å²) in [6.07, 6.45) is 3.64. The Morgan fingerprint density at radius 1 is 0.967 bits per heavy atom. The van der Waals surface area contributed by atoms with Crippen LogP contribution in [0.4, 0.5) is 0 Å². The van der Waals surface area contributed by atoms with Crippen LogP contribution < -0.4 is 23.7 Å². The highest BCUT2D eigenvalue weighted by Gasteiger charge is 2.30. The molecule has 0 unspecified atom stereocenters. The van der Waals surface area contributed by atoms with Crippen molar-refractivity contribution >= 4 is 11.9 Å². The molecule has 6 heteroatoms. The van der Waals surface area contributed by atoms with E-state index in [2.05, 4.69) is 0 Å². The largest absolute Gasteiger partial charge is 0.496 e. The number of hydrogen-bond donors (Lipinski definition) is 0. The summed E-state index contributed by atoms with van der Waals surface area (Å²) >= 11 is 0. The molecule has 0 atom stereocenters. The number of allylic oxidation sites excluding steroid dienone is 2. The molecule has 1 heterocycles. The number of benzene rings is 2. The zero-order valence-electron chi connectivity index (χ0n) is 18.1. The first kappa shape index (κ1) is 21.3. The average Bonchev–Trinajstić information content (AvgIpc) is 3.05. The number of ketones is 1. The molecule has 2 aromatic carbocycles. The maximum atomic E-state index is 12.9. The quantitative estimate of drug-likeness (QED) is 0.474. The van der Waals surface area contributed by atoms with Crippen molar-refractivity contribution in [3.63, 3.8) is 0 Å². The minimum atomic E-state index is -0.194. The van der Waals surface area contributed by atoms with Gasteiger partial charge in [-0.15, -0.1) is 0 Å². The summed E-state index contributed by atoms with van der Waals surface area (Å²) in [7, 11) is 4.65.